The van der Waals surface area contributed by atoms with E-state index in [-0.39, 0.29) is 22.2 Å². The summed E-state index contributed by atoms with van der Waals surface area (Å²) in [4.78, 5) is 3.99. The summed E-state index contributed by atoms with van der Waals surface area (Å²) in [6, 6.07) is 14.2. The minimum absolute atomic E-state index is 0.0141. The number of phenols is 1. The normalized spacial score (nSPS) is 14.6. The minimum atomic E-state index is -4.99. The highest BCUT2D eigenvalue weighted by molar-refractivity contribution is 6.32. The Labute approximate surface area is 188 Å². The van der Waals surface area contributed by atoms with Gasteiger partial charge in [-0.3, -0.25) is 4.99 Å². The molecule has 0 fully saturated rings. The number of fused-ring (bicyclic) bond motifs is 1. The summed E-state index contributed by atoms with van der Waals surface area (Å²) < 4.78 is 47.5. The maximum absolute atomic E-state index is 14.1. The standard InChI is InChI=1S/C24H23ClF3NO3/c1-22(2,17-9-6-10-18(25)21(17)32-3)13-23(31,24(26,27)28)14-29-19-11-4-8-16-15(19)7-5-12-20(16)30/h4-12,14,30-31H,13H2,1-3H3. The van der Waals surface area contributed by atoms with E-state index in [9.17, 15) is 23.4 Å². The van der Waals surface area contributed by atoms with E-state index in [1.807, 2.05) is 0 Å². The zero-order valence-electron chi connectivity index (χ0n) is 17.7. The van der Waals surface area contributed by atoms with Gasteiger partial charge in [0, 0.05) is 22.6 Å². The topological polar surface area (TPSA) is 62.0 Å². The van der Waals surface area contributed by atoms with E-state index in [0.717, 1.165) is 0 Å². The second-order valence-electron chi connectivity index (χ2n) is 8.21. The number of ether oxygens (including phenoxy) is 1. The van der Waals surface area contributed by atoms with Crippen LogP contribution in [-0.2, 0) is 5.41 Å². The van der Waals surface area contributed by atoms with Gasteiger partial charge in [-0.15, -0.1) is 0 Å². The molecule has 0 radical (unpaired) electrons. The summed E-state index contributed by atoms with van der Waals surface area (Å²) >= 11 is 6.15. The fraction of sp³-hybridized carbons (Fsp3) is 0.292. The quantitative estimate of drug-likeness (QED) is 0.405. The fourth-order valence-electron chi connectivity index (χ4n) is 3.80. The van der Waals surface area contributed by atoms with Crippen LogP contribution in [0.5, 0.6) is 11.5 Å². The molecule has 1 atom stereocenters. The molecule has 3 aromatic rings. The first-order valence-electron chi connectivity index (χ1n) is 9.78. The van der Waals surface area contributed by atoms with E-state index in [1.165, 1.54) is 19.2 Å². The number of phenolic OH excluding ortho intramolecular Hbond substituents is 1. The zero-order valence-corrected chi connectivity index (χ0v) is 18.5. The van der Waals surface area contributed by atoms with Crippen LogP contribution >= 0.6 is 11.6 Å². The molecule has 8 heteroatoms. The van der Waals surface area contributed by atoms with E-state index < -0.39 is 23.6 Å². The monoisotopic (exact) mass is 465 g/mol. The van der Waals surface area contributed by atoms with Gasteiger partial charge in [-0.1, -0.05) is 61.8 Å². The van der Waals surface area contributed by atoms with Gasteiger partial charge in [0.15, 0.2) is 5.60 Å². The molecule has 0 heterocycles. The Hall–Kier alpha value is -2.77. The molecule has 0 spiro atoms. The molecular formula is C24H23ClF3NO3. The van der Waals surface area contributed by atoms with Crippen molar-refractivity contribution < 1.29 is 28.1 Å². The van der Waals surface area contributed by atoms with Gasteiger partial charge in [0.25, 0.3) is 0 Å². The van der Waals surface area contributed by atoms with E-state index in [0.29, 0.717) is 22.6 Å². The van der Waals surface area contributed by atoms with Crippen LogP contribution in [0, 0.1) is 0 Å². The third-order valence-corrected chi connectivity index (χ3v) is 5.69. The van der Waals surface area contributed by atoms with Crippen molar-refractivity contribution >= 4 is 34.3 Å². The van der Waals surface area contributed by atoms with Crippen molar-refractivity contribution in [2.75, 3.05) is 7.11 Å². The van der Waals surface area contributed by atoms with Crippen molar-refractivity contribution in [3.63, 3.8) is 0 Å². The average molecular weight is 466 g/mol. The molecule has 0 aliphatic carbocycles. The van der Waals surface area contributed by atoms with Crippen LogP contribution in [0.2, 0.25) is 5.02 Å². The van der Waals surface area contributed by atoms with E-state index in [1.54, 1.807) is 56.3 Å². The Kier molecular flexibility index (Phi) is 6.45. The SMILES string of the molecule is COc1c(Cl)cccc1C(C)(C)CC(O)(C=Nc1cccc2c(O)cccc12)C(F)(F)F. The van der Waals surface area contributed by atoms with Crippen LogP contribution < -0.4 is 4.74 Å². The first-order valence-corrected chi connectivity index (χ1v) is 10.2. The van der Waals surface area contributed by atoms with Crippen LogP contribution in [0.25, 0.3) is 10.8 Å². The number of aliphatic imine (C=N–C) groups is 1. The van der Waals surface area contributed by atoms with Crippen LogP contribution in [0.15, 0.2) is 59.6 Å². The highest BCUT2D eigenvalue weighted by atomic mass is 35.5. The first-order chi connectivity index (χ1) is 14.9. The Morgan fingerprint density at radius 1 is 1.00 bits per heavy atom. The maximum Gasteiger partial charge on any atom is 0.422 e. The van der Waals surface area contributed by atoms with Gasteiger partial charge in [-0.2, -0.15) is 13.2 Å². The lowest BCUT2D eigenvalue weighted by atomic mass is 9.75. The van der Waals surface area contributed by atoms with Crippen molar-refractivity contribution in [2.45, 2.75) is 37.5 Å². The molecule has 3 aromatic carbocycles. The number of aromatic hydroxyl groups is 1. The summed E-state index contributed by atoms with van der Waals surface area (Å²) in [6.07, 6.45) is -5.20. The molecule has 2 N–H and O–H groups in total. The van der Waals surface area contributed by atoms with E-state index in [2.05, 4.69) is 4.99 Å². The predicted molar refractivity (Wildman–Crippen MR) is 120 cm³/mol. The lowest BCUT2D eigenvalue weighted by Crippen LogP contribution is -2.50. The lowest BCUT2D eigenvalue weighted by Gasteiger charge is -2.36. The largest absolute Gasteiger partial charge is 0.507 e. The molecule has 0 amide bonds. The van der Waals surface area contributed by atoms with E-state index in [4.69, 9.17) is 16.3 Å². The average Bonchev–Trinajstić information content (AvgIpc) is 2.71. The second-order valence-corrected chi connectivity index (χ2v) is 8.62. The van der Waals surface area contributed by atoms with E-state index >= 15 is 0 Å². The maximum atomic E-state index is 14.1. The summed E-state index contributed by atoms with van der Waals surface area (Å²) in [5.41, 5.74) is -3.79. The summed E-state index contributed by atoms with van der Waals surface area (Å²) in [7, 11) is 1.38. The van der Waals surface area contributed by atoms with Gasteiger partial charge in [-0.25, -0.2) is 0 Å². The Morgan fingerprint density at radius 3 is 2.28 bits per heavy atom. The number of nitrogens with zero attached hydrogens (tertiary/aromatic N) is 1. The highest BCUT2D eigenvalue weighted by Gasteiger charge is 2.55. The van der Waals surface area contributed by atoms with Crippen LogP contribution in [0.3, 0.4) is 0 Å². The van der Waals surface area contributed by atoms with Gasteiger partial charge in [0.2, 0.25) is 0 Å². The van der Waals surface area contributed by atoms with Crippen LogP contribution in [0.4, 0.5) is 18.9 Å². The van der Waals surface area contributed by atoms with Crippen molar-refractivity contribution in [1.29, 1.82) is 0 Å². The molecule has 0 saturated carbocycles. The van der Waals surface area contributed by atoms with Crippen molar-refractivity contribution in [3.8, 4) is 11.5 Å². The number of methoxy groups -OCH3 is 1. The summed E-state index contributed by atoms with van der Waals surface area (Å²) in [5.74, 6) is 0.241. The van der Waals surface area contributed by atoms with Crippen molar-refractivity contribution in [2.24, 2.45) is 4.99 Å². The molecule has 0 saturated heterocycles. The highest BCUT2D eigenvalue weighted by Crippen LogP contribution is 2.45. The minimum Gasteiger partial charge on any atom is -0.507 e. The number of rotatable bonds is 6. The lowest BCUT2D eigenvalue weighted by molar-refractivity contribution is -0.234. The molecular weight excluding hydrogens is 443 g/mol. The number of hydrogen-bond donors (Lipinski definition) is 2. The second kappa shape index (κ2) is 8.64. The number of halogens is 4. The van der Waals surface area contributed by atoms with Gasteiger partial charge >= 0.3 is 6.18 Å². The number of hydrogen-bond acceptors (Lipinski definition) is 4. The molecule has 1 unspecified atom stereocenters. The third kappa shape index (κ3) is 4.54. The third-order valence-electron chi connectivity index (χ3n) is 5.40. The predicted octanol–water partition coefficient (Wildman–Crippen LogP) is 6.57. The van der Waals surface area contributed by atoms with Crippen molar-refractivity contribution in [3.05, 3.63) is 65.2 Å². The van der Waals surface area contributed by atoms with Crippen LogP contribution in [-0.4, -0.2) is 35.3 Å². The van der Waals surface area contributed by atoms with Crippen molar-refractivity contribution in [1.82, 2.24) is 0 Å². The summed E-state index contributed by atoms with van der Waals surface area (Å²) in [5, 5.41) is 21.9. The van der Waals surface area contributed by atoms with Gasteiger partial charge in [0.05, 0.1) is 17.8 Å². The Balaban J connectivity index is 2.05. The Bertz CT molecular complexity index is 1160. The molecule has 0 aromatic heterocycles. The molecule has 0 aliphatic rings. The van der Waals surface area contributed by atoms with Crippen LogP contribution in [0.1, 0.15) is 25.8 Å². The smallest absolute Gasteiger partial charge is 0.422 e. The molecule has 3 rings (SSSR count). The van der Waals surface area contributed by atoms with Gasteiger partial charge in [0.1, 0.15) is 11.5 Å². The number of benzene rings is 3. The van der Waals surface area contributed by atoms with Gasteiger partial charge in [-0.05, 0) is 30.0 Å². The Morgan fingerprint density at radius 2 is 1.62 bits per heavy atom. The van der Waals surface area contributed by atoms with Gasteiger partial charge < -0.3 is 14.9 Å². The fourth-order valence-corrected chi connectivity index (χ4v) is 4.05. The zero-order chi connectivity index (χ0) is 23.7. The number of para-hydroxylation sites is 1. The number of alkyl halides is 3. The number of aliphatic hydroxyl groups is 1. The molecule has 32 heavy (non-hydrogen) atoms. The summed E-state index contributed by atoms with van der Waals surface area (Å²) in [6.45, 7) is 3.14. The molecule has 0 aliphatic heterocycles. The molecule has 170 valence electrons. The first kappa shape index (κ1) is 23.9. The molecule has 0 bridgehead atoms. The molecule has 4 nitrogen and oxygen atoms in total.